The lowest BCUT2D eigenvalue weighted by atomic mass is 10.0. The Morgan fingerprint density at radius 3 is 2.87 bits per heavy atom. The van der Waals surface area contributed by atoms with Crippen molar-refractivity contribution in [1.29, 1.82) is 0 Å². The highest BCUT2D eigenvalue weighted by Crippen LogP contribution is 2.26. The number of hydrogen-bond acceptors (Lipinski definition) is 3. The highest BCUT2D eigenvalue weighted by molar-refractivity contribution is 5.36. The molecule has 1 rings (SSSR count). The molecule has 1 aromatic carbocycles. The molecule has 0 saturated heterocycles. The van der Waals surface area contributed by atoms with Gasteiger partial charge in [-0.25, -0.2) is 4.39 Å². The van der Waals surface area contributed by atoms with E-state index in [9.17, 15) is 4.39 Å². The second kappa shape index (κ2) is 5.68. The molecular formula is C11H16FNO2. The van der Waals surface area contributed by atoms with Gasteiger partial charge in [-0.3, -0.25) is 0 Å². The van der Waals surface area contributed by atoms with E-state index in [4.69, 9.17) is 15.6 Å². The highest BCUT2D eigenvalue weighted by Gasteiger charge is 2.12. The van der Waals surface area contributed by atoms with E-state index < -0.39 is 0 Å². The maximum Gasteiger partial charge on any atom is 0.123 e. The van der Waals surface area contributed by atoms with Crippen molar-refractivity contribution < 1.29 is 14.2 Å². The van der Waals surface area contributed by atoms with Gasteiger partial charge >= 0.3 is 0 Å². The summed E-state index contributed by atoms with van der Waals surface area (Å²) in [5, 5.41) is 8.68. The number of benzene rings is 1. The van der Waals surface area contributed by atoms with Gasteiger partial charge < -0.3 is 15.6 Å². The summed E-state index contributed by atoms with van der Waals surface area (Å²) in [4.78, 5) is 0. The molecule has 0 bridgehead atoms. The van der Waals surface area contributed by atoms with Crippen molar-refractivity contribution in [1.82, 2.24) is 0 Å². The molecule has 0 unspecified atom stereocenters. The fourth-order valence-corrected chi connectivity index (χ4v) is 1.46. The molecule has 0 spiro atoms. The summed E-state index contributed by atoms with van der Waals surface area (Å²) in [5.74, 6) is 0.257. The van der Waals surface area contributed by atoms with Crippen LogP contribution in [0.15, 0.2) is 18.2 Å². The summed E-state index contributed by atoms with van der Waals surface area (Å²) in [6, 6.07) is 3.97. The van der Waals surface area contributed by atoms with Crippen LogP contribution in [0.3, 0.4) is 0 Å². The summed E-state index contributed by atoms with van der Waals surface area (Å²) < 4.78 is 18.1. The third kappa shape index (κ3) is 3.18. The number of aliphatic hydroxyl groups excluding tert-OH is 1. The Kier molecular flexibility index (Phi) is 4.52. The van der Waals surface area contributed by atoms with Crippen molar-refractivity contribution in [2.45, 2.75) is 18.9 Å². The lowest BCUT2D eigenvalue weighted by molar-refractivity contribution is 0.279. The van der Waals surface area contributed by atoms with Crippen LogP contribution in [0.4, 0.5) is 4.39 Å². The topological polar surface area (TPSA) is 55.5 Å². The summed E-state index contributed by atoms with van der Waals surface area (Å²) in [5.41, 5.74) is 6.51. The zero-order valence-corrected chi connectivity index (χ0v) is 8.74. The third-order valence-electron chi connectivity index (χ3n) is 2.26. The number of nitrogens with two attached hydrogens (primary N) is 1. The number of aliphatic hydroxyl groups is 1. The van der Waals surface area contributed by atoms with Gasteiger partial charge in [-0.2, -0.15) is 0 Å². The number of methoxy groups -OCH3 is 1. The SMILES string of the molecule is COc1ccc(F)cc1[C@@H](N)CCCO. The Morgan fingerprint density at radius 2 is 2.27 bits per heavy atom. The maximum atomic E-state index is 13.0. The zero-order chi connectivity index (χ0) is 11.3. The van der Waals surface area contributed by atoms with Crippen LogP contribution in [0.2, 0.25) is 0 Å². The van der Waals surface area contributed by atoms with Crippen molar-refractivity contribution in [3.63, 3.8) is 0 Å². The van der Waals surface area contributed by atoms with E-state index in [1.165, 1.54) is 19.2 Å². The summed E-state index contributed by atoms with van der Waals surface area (Å²) in [6.45, 7) is 0.0886. The molecule has 0 fully saturated rings. The first-order valence-electron chi connectivity index (χ1n) is 4.89. The van der Waals surface area contributed by atoms with Crippen LogP contribution in [0.5, 0.6) is 5.75 Å². The van der Waals surface area contributed by atoms with Crippen LogP contribution in [0, 0.1) is 5.82 Å². The minimum Gasteiger partial charge on any atom is -0.496 e. The first-order chi connectivity index (χ1) is 7.19. The maximum absolute atomic E-state index is 13.0. The van der Waals surface area contributed by atoms with Gasteiger partial charge in [0.1, 0.15) is 11.6 Å². The normalized spacial score (nSPS) is 12.5. The lowest BCUT2D eigenvalue weighted by Gasteiger charge is -2.15. The minimum atomic E-state index is -0.328. The van der Waals surface area contributed by atoms with Crippen LogP contribution in [-0.4, -0.2) is 18.8 Å². The Balaban J connectivity index is 2.85. The second-order valence-electron chi connectivity index (χ2n) is 3.36. The van der Waals surface area contributed by atoms with Gasteiger partial charge in [-0.15, -0.1) is 0 Å². The molecule has 0 heterocycles. The van der Waals surface area contributed by atoms with Gasteiger partial charge in [0.25, 0.3) is 0 Å². The van der Waals surface area contributed by atoms with E-state index in [2.05, 4.69) is 0 Å². The van der Waals surface area contributed by atoms with E-state index in [1.807, 2.05) is 0 Å². The van der Waals surface area contributed by atoms with Gasteiger partial charge in [0.05, 0.1) is 7.11 Å². The molecule has 1 atom stereocenters. The van der Waals surface area contributed by atoms with E-state index >= 15 is 0 Å². The summed E-state index contributed by atoms with van der Waals surface area (Å²) >= 11 is 0. The Morgan fingerprint density at radius 1 is 1.53 bits per heavy atom. The number of ether oxygens (including phenoxy) is 1. The quantitative estimate of drug-likeness (QED) is 0.781. The molecule has 4 heteroatoms. The minimum absolute atomic E-state index is 0.0886. The van der Waals surface area contributed by atoms with Crippen molar-refractivity contribution in [3.8, 4) is 5.75 Å². The summed E-state index contributed by atoms with van der Waals surface area (Å²) in [7, 11) is 1.52. The molecule has 0 aliphatic heterocycles. The summed E-state index contributed by atoms with van der Waals surface area (Å²) in [6.07, 6.45) is 1.21. The highest BCUT2D eigenvalue weighted by atomic mass is 19.1. The van der Waals surface area contributed by atoms with Crippen LogP contribution >= 0.6 is 0 Å². The lowest BCUT2D eigenvalue weighted by Crippen LogP contribution is -2.12. The van der Waals surface area contributed by atoms with E-state index in [0.717, 1.165) is 0 Å². The van der Waals surface area contributed by atoms with Gasteiger partial charge in [-0.1, -0.05) is 0 Å². The van der Waals surface area contributed by atoms with Gasteiger partial charge in [0, 0.05) is 18.2 Å². The van der Waals surface area contributed by atoms with Gasteiger partial charge in [-0.05, 0) is 31.0 Å². The van der Waals surface area contributed by atoms with E-state index in [0.29, 0.717) is 24.2 Å². The Labute approximate surface area is 88.7 Å². The number of rotatable bonds is 5. The molecule has 3 N–H and O–H groups in total. The molecule has 0 amide bonds. The van der Waals surface area contributed by atoms with Crippen molar-refractivity contribution in [3.05, 3.63) is 29.6 Å². The van der Waals surface area contributed by atoms with Crippen molar-refractivity contribution >= 4 is 0 Å². The number of halogens is 1. The molecule has 0 aliphatic carbocycles. The second-order valence-corrected chi connectivity index (χ2v) is 3.36. The van der Waals surface area contributed by atoms with Crippen LogP contribution in [0.25, 0.3) is 0 Å². The Hall–Kier alpha value is -1.13. The first kappa shape index (κ1) is 11.9. The Bertz CT molecular complexity index is 317. The molecule has 3 nitrogen and oxygen atoms in total. The predicted octanol–water partition coefficient (Wildman–Crippen LogP) is 1.61. The molecule has 84 valence electrons. The van der Waals surface area contributed by atoms with Crippen LogP contribution in [-0.2, 0) is 0 Å². The fraction of sp³-hybridized carbons (Fsp3) is 0.455. The number of hydrogen-bond donors (Lipinski definition) is 2. The standard InChI is InChI=1S/C11H16FNO2/c1-15-11-5-4-8(12)7-9(11)10(13)3-2-6-14/h4-5,7,10,14H,2-3,6,13H2,1H3/t10-/m0/s1. The molecule has 0 radical (unpaired) electrons. The molecule has 15 heavy (non-hydrogen) atoms. The van der Waals surface area contributed by atoms with E-state index in [1.54, 1.807) is 6.07 Å². The van der Waals surface area contributed by atoms with Gasteiger partial charge in [0.15, 0.2) is 0 Å². The van der Waals surface area contributed by atoms with Crippen LogP contribution in [0.1, 0.15) is 24.4 Å². The molecule has 0 aliphatic rings. The molecule has 1 aromatic rings. The van der Waals surface area contributed by atoms with Crippen molar-refractivity contribution in [2.75, 3.05) is 13.7 Å². The molecule has 0 aromatic heterocycles. The fourth-order valence-electron chi connectivity index (χ4n) is 1.46. The van der Waals surface area contributed by atoms with Crippen LogP contribution < -0.4 is 10.5 Å². The monoisotopic (exact) mass is 213 g/mol. The first-order valence-corrected chi connectivity index (χ1v) is 4.89. The van der Waals surface area contributed by atoms with Gasteiger partial charge in [0.2, 0.25) is 0 Å². The average molecular weight is 213 g/mol. The third-order valence-corrected chi connectivity index (χ3v) is 2.26. The van der Waals surface area contributed by atoms with E-state index in [-0.39, 0.29) is 18.5 Å². The molecular weight excluding hydrogens is 197 g/mol. The smallest absolute Gasteiger partial charge is 0.123 e. The molecule has 0 saturated carbocycles. The predicted molar refractivity (Wildman–Crippen MR) is 56.2 cm³/mol. The zero-order valence-electron chi connectivity index (χ0n) is 8.74. The average Bonchev–Trinajstić information content (AvgIpc) is 2.25. The largest absolute Gasteiger partial charge is 0.496 e. The van der Waals surface area contributed by atoms with Crippen molar-refractivity contribution in [2.24, 2.45) is 5.73 Å².